The van der Waals surface area contributed by atoms with Gasteiger partial charge in [0.1, 0.15) is 5.51 Å². The zero-order valence-electron chi connectivity index (χ0n) is 13.8. The number of aromatic nitrogens is 2. The van der Waals surface area contributed by atoms with Gasteiger partial charge < -0.3 is 4.90 Å². The number of hydrogen-bond acceptors (Lipinski definition) is 6. The quantitative estimate of drug-likeness (QED) is 0.812. The number of hydrogen-bond donors (Lipinski definition) is 1. The lowest BCUT2D eigenvalue weighted by atomic mass is 10.1. The fourth-order valence-corrected chi connectivity index (χ4v) is 3.70. The first kappa shape index (κ1) is 19.0. The highest BCUT2D eigenvalue weighted by Crippen LogP contribution is 2.25. The third-order valence-electron chi connectivity index (χ3n) is 4.09. The smallest absolute Gasteiger partial charge is 0.240 e. The lowest BCUT2D eigenvalue weighted by Crippen LogP contribution is -2.50. The highest BCUT2D eigenvalue weighted by molar-refractivity contribution is 7.13. The Labute approximate surface area is 164 Å². The zero-order valence-corrected chi connectivity index (χ0v) is 16.1. The van der Waals surface area contributed by atoms with Gasteiger partial charge in [0.2, 0.25) is 16.9 Å². The Morgan fingerprint density at radius 1 is 1.15 bits per heavy atom. The Hall–Kier alpha value is -1.74. The molecule has 0 atom stereocenters. The maximum atomic E-state index is 12.5. The van der Waals surface area contributed by atoms with E-state index in [1.807, 2.05) is 4.90 Å². The van der Waals surface area contributed by atoms with Crippen LogP contribution in [0.4, 0.5) is 5.13 Å². The Kier molecular flexibility index (Phi) is 6.42. The first-order valence-electron chi connectivity index (χ1n) is 8.02. The van der Waals surface area contributed by atoms with Crippen LogP contribution in [0.25, 0.3) is 0 Å². The number of halogens is 2. The molecular weight excluding hydrogens is 397 g/mol. The Bertz CT molecular complexity index is 759. The second-order valence-electron chi connectivity index (χ2n) is 5.83. The molecule has 0 bridgehead atoms. The number of anilines is 1. The molecule has 138 valence electrons. The highest BCUT2D eigenvalue weighted by atomic mass is 35.5. The number of nitrogens with one attached hydrogen (secondary N) is 1. The van der Waals surface area contributed by atoms with E-state index in [0.29, 0.717) is 46.9 Å². The molecule has 7 nitrogen and oxygen atoms in total. The van der Waals surface area contributed by atoms with Crippen LogP contribution < -0.4 is 5.32 Å². The summed E-state index contributed by atoms with van der Waals surface area (Å²) in [6, 6.07) is 5.21. The van der Waals surface area contributed by atoms with Gasteiger partial charge in [-0.2, -0.15) is 0 Å². The van der Waals surface area contributed by atoms with Gasteiger partial charge >= 0.3 is 0 Å². The summed E-state index contributed by atoms with van der Waals surface area (Å²) in [6.07, 6.45) is 0.177. The number of rotatable bonds is 5. The first-order chi connectivity index (χ1) is 12.5. The molecule has 2 amide bonds. The van der Waals surface area contributed by atoms with Crippen LogP contribution in [0, 0.1) is 0 Å². The second kappa shape index (κ2) is 8.77. The van der Waals surface area contributed by atoms with Crippen LogP contribution in [-0.4, -0.2) is 64.5 Å². The van der Waals surface area contributed by atoms with E-state index in [-0.39, 0.29) is 24.8 Å². The normalized spacial score (nSPS) is 15.1. The monoisotopic (exact) mass is 413 g/mol. The molecule has 0 spiro atoms. The minimum Gasteiger partial charge on any atom is -0.340 e. The van der Waals surface area contributed by atoms with E-state index in [1.54, 1.807) is 28.6 Å². The van der Waals surface area contributed by atoms with Crippen molar-refractivity contribution in [2.75, 3.05) is 38.0 Å². The molecule has 3 rings (SSSR count). The summed E-state index contributed by atoms with van der Waals surface area (Å²) in [4.78, 5) is 28.3. The van der Waals surface area contributed by atoms with E-state index in [2.05, 4.69) is 15.5 Å². The van der Waals surface area contributed by atoms with Crippen molar-refractivity contribution in [1.82, 2.24) is 20.0 Å². The average molecular weight is 414 g/mol. The summed E-state index contributed by atoms with van der Waals surface area (Å²) in [5, 5.41) is 11.6. The third kappa shape index (κ3) is 4.91. The van der Waals surface area contributed by atoms with Crippen LogP contribution in [0.2, 0.25) is 10.0 Å². The number of benzene rings is 1. The van der Waals surface area contributed by atoms with Gasteiger partial charge in [0, 0.05) is 36.2 Å². The molecule has 26 heavy (non-hydrogen) atoms. The maximum absolute atomic E-state index is 12.5. The lowest BCUT2D eigenvalue weighted by molar-refractivity contribution is -0.132. The van der Waals surface area contributed by atoms with Gasteiger partial charge in [-0.05, 0) is 17.7 Å². The topological polar surface area (TPSA) is 78.4 Å². The van der Waals surface area contributed by atoms with E-state index in [4.69, 9.17) is 23.2 Å². The zero-order chi connectivity index (χ0) is 18.5. The van der Waals surface area contributed by atoms with Crippen molar-refractivity contribution in [2.24, 2.45) is 0 Å². The van der Waals surface area contributed by atoms with E-state index >= 15 is 0 Å². The van der Waals surface area contributed by atoms with Gasteiger partial charge in [0.15, 0.2) is 0 Å². The van der Waals surface area contributed by atoms with Gasteiger partial charge in [-0.1, -0.05) is 40.6 Å². The van der Waals surface area contributed by atoms with Gasteiger partial charge in [0.25, 0.3) is 0 Å². The van der Waals surface area contributed by atoms with Crippen LogP contribution >= 0.6 is 34.5 Å². The predicted molar refractivity (Wildman–Crippen MR) is 102 cm³/mol. The average Bonchev–Trinajstić information content (AvgIpc) is 3.11. The van der Waals surface area contributed by atoms with E-state index < -0.39 is 0 Å². The van der Waals surface area contributed by atoms with E-state index in [9.17, 15) is 9.59 Å². The van der Waals surface area contributed by atoms with Crippen molar-refractivity contribution in [3.63, 3.8) is 0 Å². The summed E-state index contributed by atoms with van der Waals surface area (Å²) < 4.78 is 0. The van der Waals surface area contributed by atoms with Crippen LogP contribution in [-0.2, 0) is 16.0 Å². The molecule has 0 aliphatic carbocycles. The minimum atomic E-state index is -0.135. The largest absolute Gasteiger partial charge is 0.340 e. The molecule has 0 radical (unpaired) electrons. The number of piperazine rings is 1. The van der Waals surface area contributed by atoms with Crippen molar-refractivity contribution in [1.29, 1.82) is 0 Å². The molecule has 1 saturated heterocycles. The van der Waals surface area contributed by atoms with Crippen LogP contribution in [0.1, 0.15) is 5.56 Å². The highest BCUT2D eigenvalue weighted by Gasteiger charge is 2.23. The second-order valence-corrected chi connectivity index (χ2v) is 7.47. The molecule has 0 unspecified atom stereocenters. The summed E-state index contributed by atoms with van der Waals surface area (Å²) in [6.45, 7) is 2.65. The van der Waals surface area contributed by atoms with Crippen LogP contribution in [0.3, 0.4) is 0 Å². The molecule has 1 aliphatic heterocycles. The Morgan fingerprint density at radius 2 is 1.85 bits per heavy atom. The van der Waals surface area contributed by atoms with Gasteiger partial charge in [-0.3, -0.25) is 19.8 Å². The fourth-order valence-electron chi connectivity index (χ4n) is 2.71. The van der Waals surface area contributed by atoms with E-state index in [1.165, 1.54) is 11.3 Å². The fraction of sp³-hybridized carbons (Fsp3) is 0.375. The van der Waals surface area contributed by atoms with Crippen LogP contribution in [0.15, 0.2) is 23.7 Å². The van der Waals surface area contributed by atoms with Crippen molar-refractivity contribution in [3.05, 3.63) is 39.3 Å². The predicted octanol–water partition coefficient (Wildman–Crippen LogP) is 2.17. The maximum Gasteiger partial charge on any atom is 0.240 e. The third-order valence-corrected chi connectivity index (χ3v) is 5.40. The van der Waals surface area contributed by atoms with Crippen molar-refractivity contribution < 1.29 is 9.59 Å². The van der Waals surface area contributed by atoms with Gasteiger partial charge in [0.05, 0.1) is 13.0 Å². The van der Waals surface area contributed by atoms with E-state index in [0.717, 1.165) is 0 Å². The summed E-state index contributed by atoms with van der Waals surface area (Å²) in [7, 11) is 0. The van der Waals surface area contributed by atoms with Crippen molar-refractivity contribution in [2.45, 2.75) is 6.42 Å². The number of carbonyl (C=O) groups excluding carboxylic acids is 2. The number of nitrogens with zero attached hydrogens (tertiary/aromatic N) is 4. The van der Waals surface area contributed by atoms with Crippen molar-refractivity contribution >= 4 is 51.5 Å². The Balaban J connectivity index is 1.47. The standard InChI is InChI=1S/C16H17Cl2N5O2S/c17-12-2-1-3-13(18)11(12)8-15(25)23-6-4-22(5-7-23)9-14(24)20-16-21-19-10-26-16/h1-3,10H,4-9H2,(H,20,21,24). The van der Waals surface area contributed by atoms with Gasteiger partial charge in [-0.25, -0.2) is 0 Å². The number of amides is 2. The molecule has 2 aromatic rings. The lowest BCUT2D eigenvalue weighted by Gasteiger charge is -2.34. The summed E-state index contributed by atoms with van der Waals surface area (Å²) in [5.41, 5.74) is 2.21. The molecule has 1 aromatic carbocycles. The number of carbonyl (C=O) groups is 2. The molecule has 1 fully saturated rings. The minimum absolute atomic E-state index is 0.0158. The van der Waals surface area contributed by atoms with Crippen LogP contribution in [0.5, 0.6) is 0 Å². The molecule has 1 aromatic heterocycles. The van der Waals surface area contributed by atoms with Gasteiger partial charge in [-0.15, -0.1) is 10.2 Å². The first-order valence-corrected chi connectivity index (χ1v) is 9.65. The summed E-state index contributed by atoms with van der Waals surface area (Å²) >= 11 is 13.5. The molecule has 1 aliphatic rings. The molecule has 1 N–H and O–H groups in total. The molecule has 10 heteroatoms. The SMILES string of the molecule is O=C(CN1CCN(C(=O)Cc2c(Cl)cccc2Cl)CC1)Nc1nncs1. The molecule has 0 saturated carbocycles. The Morgan fingerprint density at radius 3 is 2.46 bits per heavy atom. The molecule has 2 heterocycles. The summed E-state index contributed by atoms with van der Waals surface area (Å²) in [5.74, 6) is -0.151. The molecular formula is C16H17Cl2N5O2S. The van der Waals surface area contributed by atoms with Crippen molar-refractivity contribution in [3.8, 4) is 0 Å².